The molecule has 0 aliphatic heterocycles. The van der Waals surface area contributed by atoms with Crippen LogP contribution in [0.5, 0.6) is 5.75 Å². The van der Waals surface area contributed by atoms with E-state index in [9.17, 15) is 14.4 Å². The molecule has 1 aromatic carbocycles. The maximum atomic E-state index is 12.1. The molecule has 0 fully saturated rings. The van der Waals surface area contributed by atoms with Gasteiger partial charge in [-0.15, -0.1) is 0 Å². The summed E-state index contributed by atoms with van der Waals surface area (Å²) in [6, 6.07) is 7.19. The molecule has 0 radical (unpaired) electrons. The summed E-state index contributed by atoms with van der Waals surface area (Å²) in [5.74, 6) is -1.18. The van der Waals surface area contributed by atoms with Crippen LogP contribution in [-0.4, -0.2) is 23.8 Å². The molecule has 0 spiro atoms. The van der Waals surface area contributed by atoms with E-state index in [-0.39, 0.29) is 0 Å². The van der Waals surface area contributed by atoms with Crippen LogP contribution in [0.25, 0.3) is 0 Å². The number of nitrogens with two attached hydrogens (primary N) is 1. The smallest absolute Gasteiger partial charge is 0.308 e. The molecular formula is C16H19N3O4. The standard InChI is InChI=1S/C16H19N3O4/c1-11(20)23-13-8-6-12(7-9-13)16(22)19-14(15(18)21)5-3-2-4-10-17/h6-9,14H,2-5H2,1H3,(H2,18,21)(H,19,22)/t14-/m0/s1. The largest absolute Gasteiger partial charge is 0.427 e. The first kappa shape index (κ1) is 18.2. The van der Waals surface area contributed by atoms with Crippen LogP contribution in [0.15, 0.2) is 24.3 Å². The zero-order valence-corrected chi connectivity index (χ0v) is 12.9. The van der Waals surface area contributed by atoms with Crippen LogP contribution in [0.2, 0.25) is 0 Å². The zero-order valence-electron chi connectivity index (χ0n) is 12.9. The molecule has 0 aliphatic carbocycles. The number of esters is 1. The lowest BCUT2D eigenvalue weighted by Gasteiger charge is -2.15. The Balaban J connectivity index is 2.62. The summed E-state index contributed by atoms with van der Waals surface area (Å²) in [6.45, 7) is 1.28. The number of nitrogens with zero attached hydrogens (tertiary/aromatic N) is 1. The van der Waals surface area contributed by atoms with Gasteiger partial charge in [-0.3, -0.25) is 14.4 Å². The molecular weight excluding hydrogens is 298 g/mol. The van der Waals surface area contributed by atoms with Crippen LogP contribution < -0.4 is 15.8 Å². The van der Waals surface area contributed by atoms with Crippen molar-refractivity contribution < 1.29 is 19.1 Å². The molecule has 2 amide bonds. The molecule has 7 nitrogen and oxygen atoms in total. The fourth-order valence-electron chi connectivity index (χ4n) is 1.92. The lowest BCUT2D eigenvalue weighted by Crippen LogP contribution is -2.44. The van der Waals surface area contributed by atoms with Gasteiger partial charge in [0.05, 0.1) is 6.07 Å². The molecule has 0 saturated carbocycles. The minimum atomic E-state index is -0.783. The molecule has 23 heavy (non-hydrogen) atoms. The summed E-state index contributed by atoms with van der Waals surface area (Å²) in [5, 5.41) is 11.0. The van der Waals surface area contributed by atoms with Gasteiger partial charge in [0, 0.05) is 18.9 Å². The fourth-order valence-corrected chi connectivity index (χ4v) is 1.92. The lowest BCUT2D eigenvalue weighted by atomic mass is 10.1. The van der Waals surface area contributed by atoms with Crippen LogP contribution in [0.3, 0.4) is 0 Å². The highest BCUT2D eigenvalue weighted by Crippen LogP contribution is 2.13. The van der Waals surface area contributed by atoms with E-state index in [4.69, 9.17) is 15.7 Å². The first-order valence-corrected chi connectivity index (χ1v) is 7.19. The number of primary amides is 1. The number of rotatable bonds is 8. The van der Waals surface area contributed by atoms with Crippen molar-refractivity contribution in [2.45, 2.75) is 38.6 Å². The SMILES string of the molecule is CC(=O)Oc1ccc(C(=O)N[C@@H](CCCCC#N)C(N)=O)cc1. The number of unbranched alkanes of at least 4 members (excludes halogenated alkanes) is 2. The minimum absolute atomic E-state index is 0.323. The van der Waals surface area contributed by atoms with E-state index >= 15 is 0 Å². The summed E-state index contributed by atoms with van der Waals surface area (Å²) in [4.78, 5) is 34.3. The van der Waals surface area contributed by atoms with Gasteiger partial charge in [-0.2, -0.15) is 5.26 Å². The Kier molecular flexibility index (Phi) is 7.27. The highest BCUT2D eigenvalue weighted by atomic mass is 16.5. The Bertz CT molecular complexity index is 605. The predicted molar refractivity (Wildman–Crippen MR) is 82.3 cm³/mol. The summed E-state index contributed by atoms with van der Waals surface area (Å²) in [5.41, 5.74) is 5.60. The van der Waals surface area contributed by atoms with Crippen molar-refractivity contribution in [1.82, 2.24) is 5.32 Å². The summed E-state index contributed by atoms with van der Waals surface area (Å²) >= 11 is 0. The van der Waals surface area contributed by atoms with Crippen LogP contribution >= 0.6 is 0 Å². The fraction of sp³-hybridized carbons (Fsp3) is 0.375. The van der Waals surface area contributed by atoms with E-state index < -0.39 is 23.8 Å². The Morgan fingerprint density at radius 1 is 1.26 bits per heavy atom. The van der Waals surface area contributed by atoms with E-state index in [1.165, 1.54) is 31.2 Å². The molecule has 0 aromatic heterocycles. The molecule has 0 saturated heterocycles. The lowest BCUT2D eigenvalue weighted by molar-refractivity contribution is -0.131. The maximum absolute atomic E-state index is 12.1. The van der Waals surface area contributed by atoms with Crippen molar-refractivity contribution in [1.29, 1.82) is 5.26 Å². The van der Waals surface area contributed by atoms with Gasteiger partial charge in [0.1, 0.15) is 11.8 Å². The summed E-state index contributed by atoms with van der Waals surface area (Å²) < 4.78 is 4.87. The van der Waals surface area contributed by atoms with E-state index in [1.54, 1.807) is 0 Å². The van der Waals surface area contributed by atoms with Crippen LogP contribution in [0.1, 0.15) is 43.0 Å². The second kappa shape index (κ2) is 9.20. The first-order chi connectivity index (χ1) is 10.9. The number of nitriles is 1. The average Bonchev–Trinajstić information content (AvgIpc) is 2.50. The molecule has 3 N–H and O–H groups in total. The molecule has 1 atom stereocenters. The van der Waals surface area contributed by atoms with Crippen LogP contribution in [0, 0.1) is 11.3 Å². The Morgan fingerprint density at radius 3 is 2.43 bits per heavy atom. The number of carbonyl (C=O) groups excluding carboxylic acids is 3. The minimum Gasteiger partial charge on any atom is -0.427 e. The van der Waals surface area contributed by atoms with Gasteiger partial charge in [0.15, 0.2) is 0 Å². The summed E-state index contributed by atoms with van der Waals surface area (Å²) in [6.07, 6.45) is 2.05. The number of amides is 2. The second-order valence-electron chi connectivity index (χ2n) is 4.95. The van der Waals surface area contributed by atoms with E-state index in [2.05, 4.69) is 5.32 Å². The van der Waals surface area contributed by atoms with Crippen LogP contribution in [-0.2, 0) is 9.59 Å². The monoisotopic (exact) mass is 317 g/mol. The van der Waals surface area contributed by atoms with Crippen molar-refractivity contribution in [3.8, 4) is 11.8 Å². The number of benzene rings is 1. The third-order valence-corrected chi connectivity index (χ3v) is 3.06. The molecule has 0 bridgehead atoms. The third-order valence-electron chi connectivity index (χ3n) is 3.06. The van der Waals surface area contributed by atoms with Gasteiger partial charge in [0.25, 0.3) is 5.91 Å². The van der Waals surface area contributed by atoms with Crippen molar-refractivity contribution in [3.63, 3.8) is 0 Å². The average molecular weight is 317 g/mol. The molecule has 0 aliphatic rings. The summed E-state index contributed by atoms with van der Waals surface area (Å²) in [7, 11) is 0. The number of hydrogen-bond acceptors (Lipinski definition) is 5. The molecule has 7 heteroatoms. The topological polar surface area (TPSA) is 122 Å². The highest BCUT2D eigenvalue weighted by molar-refractivity contribution is 5.97. The van der Waals surface area contributed by atoms with E-state index in [1.807, 2.05) is 6.07 Å². The van der Waals surface area contributed by atoms with Crippen molar-refractivity contribution in [2.75, 3.05) is 0 Å². The number of carbonyl (C=O) groups is 3. The van der Waals surface area contributed by atoms with E-state index in [0.29, 0.717) is 37.0 Å². The van der Waals surface area contributed by atoms with Crippen molar-refractivity contribution >= 4 is 17.8 Å². The molecule has 122 valence electrons. The molecule has 1 rings (SSSR count). The Labute approximate surface area is 134 Å². The van der Waals surface area contributed by atoms with Gasteiger partial charge in [-0.05, 0) is 43.5 Å². The van der Waals surface area contributed by atoms with E-state index in [0.717, 1.165) is 0 Å². The number of hydrogen-bond donors (Lipinski definition) is 2. The quantitative estimate of drug-likeness (QED) is 0.425. The first-order valence-electron chi connectivity index (χ1n) is 7.19. The zero-order chi connectivity index (χ0) is 17.2. The predicted octanol–water partition coefficient (Wildman–Crippen LogP) is 1.28. The normalized spacial score (nSPS) is 11.1. The van der Waals surface area contributed by atoms with Crippen LogP contribution in [0.4, 0.5) is 0 Å². The molecule has 1 aromatic rings. The van der Waals surface area contributed by atoms with Gasteiger partial charge in [0.2, 0.25) is 5.91 Å². The van der Waals surface area contributed by atoms with Crippen molar-refractivity contribution in [2.24, 2.45) is 5.73 Å². The van der Waals surface area contributed by atoms with Gasteiger partial charge in [-0.25, -0.2) is 0 Å². The van der Waals surface area contributed by atoms with Gasteiger partial charge >= 0.3 is 5.97 Å². The third kappa shape index (κ3) is 6.61. The Morgan fingerprint density at radius 2 is 1.91 bits per heavy atom. The number of nitrogens with one attached hydrogen (secondary N) is 1. The number of ether oxygens (including phenoxy) is 1. The maximum Gasteiger partial charge on any atom is 0.308 e. The Hall–Kier alpha value is -2.88. The van der Waals surface area contributed by atoms with Gasteiger partial charge < -0.3 is 15.8 Å². The highest BCUT2D eigenvalue weighted by Gasteiger charge is 2.18. The van der Waals surface area contributed by atoms with Gasteiger partial charge in [-0.1, -0.05) is 0 Å². The molecule has 0 unspecified atom stereocenters. The van der Waals surface area contributed by atoms with Crippen molar-refractivity contribution in [3.05, 3.63) is 29.8 Å². The molecule has 0 heterocycles. The second-order valence-corrected chi connectivity index (χ2v) is 4.95.